The summed E-state index contributed by atoms with van der Waals surface area (Å²) in [5.74, 6) is 2.36. The van der Waals surface area contributed by atoms with Gasteiger partial charge in [0, 0.05) is 25.4 Å². The van der Waals surface area contributed by atoms with Crippen LogP contribution in [-0.4, -0.2) is 21.7 Å². The van der Waals surface area contributed by atoms with Crippen LogP contribution in [0.15, 0.2) is 36.7 Å². The molecule has 4 rings (SSSR count). The molecule has 3 heteroatoms. The Morgan fingerprint density at radius 3 is 2.77 bits per heavy atom. The Bertz CT molecular complexity index is 745. The highest BCUT2D eigenvalue weighted by molar-refractivity contribution is 5.36. The monoisotopic (exact) mass is 350 g/mol. The van der Waals surface area contributed by atoms with Crippen LogP contribution in [0.1, 0.15) is 67.5 Å². The van der Waals surface area contributed by atoms with Crippen LogP contribution >= 0.6 is 0 Å². The summed E-state index contributed by atoms with van der Waals surface area (Å²) in [5, 5.41) is 9.64. The molecule has 1 heterocycles. The molecule has 1 aromatic heterocycles. The SMILES string of the molecule is C[C@]1(CO)CC[C@H](c2ccc3c(c2)CC[C@H](CCc2ncccn2)C3)C1. The van der Waals surface area contributed by atoms with Crippen LogP contribution in [0.2, 0.25) is 0 Å². The van der Waals surface area contributed by atoms with E-state index in [0.717, 1.165) is 31.0 Å². The van der Waals surface area contributed by atoms with E-state index < -0.39 is 0 Å². The quantitative estimate of drug-likeness (QED) is 0.865. The normalized spacial score (nSPS) is 28.1. The van der Waals surface area contributed by atoms with Crippen molar-refractivity contribution in [2.24, 2.45) is 11.3 Å². The van der Waals surface area contributed by atoms with Crippen molar-refractivity contribution in [3.05, 3.63) is 59.2 Å². The molecule has 0 saturated heterocycles. The van der Waals surface area contributed by atoms with Gasteiger partial charge in [-0.05, 0) is 85.0 Å². The largest absolute Gasteiger partial charge is 0.396 e. The van der Waals surface area contributed by atoms with Gasteiger partial charge in [-0.3, -0.25) is 0 Å². The zero-order valence-electron chi connectivity index (χ0n) is 15.8. The number of hydrogen-bond donors (Lipinski definition) is 1. The Morgan fingerprint density at radius 2 is 2.00 bits per heavy atom. The van der Waals surface area contributed by atoms with Gasteiger partial charge in [-0.2, -0.15) is 0 Å². The number of fused-ring (bicyclic) bond motifs is 1. The van der Waals surface area contributed by atoms with Crippen molar-refractivity contribution in [2.45, 2.75) is 64.2 Å². The molecule has 0 unspecified atom stereocenters. The van der Waals surface area contributed by atoms with Gasteiger partial charge in [0.15, 0.2) is 0 Å². The Balaban J connectivity index is 1.38. The summed E-state index contributed by atoms with van der Waals surface area (Å²) in [7, 11) is 0. The number of aliphatic hydroxyl groups is 1. The standard InChI is InChI=1S/C23H30N2O/c1-23(16-26)10-9-21(15-23)20-7-6-18-13-17(3-5-19(18)14-20)4-8-22-24-11-2-12-25-22/h2,6-7,11-12,14,17,21,26H,3-5,8-10,13,15-16H2,1H3/t17-,21+,23+/m1/s1. The molecule has 3 atom stereocenters. The Labute approximate surface area is 156 Å². The second-order valence-electron chi connectivity index (χ2n) is 8.75. The molecule has 2 aliphatic rings. The predicted molar refractivity (Wildman–Crippen MR) is 104 cm³/mol. The number of aliphatic hydroxyl groups excluding tert-OH is 1. The van der Waals surface area contributed by atoms with Crippen molar-refractivity contribution in [1.29, 1.82) is 0 Å². The molecule has 1 aromatic carbocycles. The van der Waals surface area contributed by atoms with E-state index >= 15 is 0 Å². The molecule has 2 aliphatic carbocycles. The van der Waals surface area contributed by atoms with Gasteiger partial charge in [-0.15, -0.1) is 0 Å². The fraction of sp³-hybridized carbons (Fsp3) is 0.565. The lowest BCUT2D eigenvalue weighted by Gasteiger charge is -2.26. The highest BCUT2D eigenvalue weighted by atomic mass is 16.3. The lowest BCUT2D eigenvalue weighted by molar-refractivity contribution is 0.147. The van der Waals surface area contributed by atoms with Gasteiger partial charge in [-0.1, -0.05) is 25.1 Å². The molecule has 0 amide bonds. The van der Waals surface area contributed by atoms with Crippen LogP contribution in [0, 0.1) is 11.3 Å². The average Bonchev–Trinajstić information content (AvgIpc) is 3.09. The van der Waals surface area contributed by atoms with Crippen LogP contribution in [0.5, 0.6) is 0 Å². The first-order chi connectivity index (χ1) is 12.6. The van der Waals surface area contributed by atoms with Crippen LogP contribution in [-0.2, 0) is 19.3 Å². The van der Waals surface area contributed by atoms with Gasteiger partial charge in [0.2, 0.25) is 0 Å². The molecule has 1 saturated carbocycles. The van der Waals surface area contributed by atoms with Crippen LogP contribution in [0.25, 0.3) is 0 Å². The summed E-state index contributed by atoms with van der Waals surface area (Å²) in [6, 6.07) is 9.09. The van der Waals surface area contributed by atoms with E-state index in [-0.39, 0.29) is 5.41 Å². The highest BCUT2D eigenvalue weighted by Gasteiger charge is 2.35. The minimum absolute atomic E-state index is 0.130. The molecule has 0 bridgehead atoms. The topological polar surface area (TPSA) is 46.0 Å². The van der Waals surface area contributed by atoms with Crippen molar-refractivity contribution in [2.75, 3.05) is 6.61 Å². The molecule has 1 fully saturated rings. The van der Waals surface area contributed by atoms with E-state index in [1.807, 2.05) is 18.5 Å². The lowest BCUT2D eigenvalue weighted by atomic mass is 9.79. The molecular weight excluding hydrogens is 320 g/mol. The van der Waals surface area contributed by atoms with Gasteiger partial charge in [0.05, 0.1) is 0 Å². The number of benzene rings is 1. The van der Waals surface area contributed by atoms with Crippen LogP contribution in [0.4, 0.5) is 0 Å². The molecule has 26 heavy (non-hydrogen) atoms. The van der Waals surface area contributed by atoms with Gasteiger partial charge in [0.1, 0.15) is 5.82 Å². The van der Waals surface area contributed by atoms with E-state index in [0.29, 0.717) is 12.5 Å². The Kier molecular flexibility index (Phi) is 5.08. The van der Waals surface area contributed by atoms with Gasteiger partial charge < -0.3 is 5.11 Å². The van der Waals surface area contributed by atoms with Crippen molar-refractivity contribution < 1.29 is 5.11 Å². The molecule has 138 valence electrons. The van der Waals surface area contributed by atoms with Crippen LogP contribution in [0.3, 0.4) is 0 Å². The first-order valence-corrected chi connectivity index (χ1v) is 10.1. The van der Waals surface area contributed by atoms with Gasteiger partial charge >= 0.3 is 0 Å². The third kappa shape index (κ3) is 3.83. The van der Waals surface area contributed by atoms with E-state index in [4.69, 9.17) is 0 Å². The summed E-state index contributed by atoms with van der Waals surface area (Å²) >= 11 is 0. The van der Waals surface area contributed by atoms with Gasteiger partial charge in [-0.25, -0.2) is 9.97 Å². The van der Waals surface area contributed by atoms with Crippen molar-refractivity contribution in [3.8, 4) is 0 Å². The molecule has 1 N–H and O–H groups in total. The zero-order valence-corrected chi connectivity index (χ0v) is 15.8. The second kappa shape index (κ2) is 7.48. The van der Waals surface area contributed by atoms with Crippen molar-refractivity contribution in [3.63, 3.8) is 0 Å². The maximum atomic E-state index is 9.64. The van der Waals surface area contributed by atoms with E-state index in [1.165, 1.54) is 37.7 Å². The second-order valence-corrected chi connectivity index (χ2v) is 8.75. The Morgan fingerprint density at radius 1 is 1.15 bits per heavy atom. The van der Waals surface area contributed by atoms with Crippen LogP contribution < -0.4 is 0 Å². The average molecular weight is 351 g/mol. The first-order valence-electron chi connectivity index (χ1n) is 10.1. The first kappa shape index (κ1) is 17.7. The van der Waals surface area contributed by atoms with Gasteiger partial charge in [0.25, 0.3) is 0 Å². The van der Waals surface area contributed by atoms with Crippen molar-refractivity contribution >= 4 is 0 Å². The lowest BCUT2D eigenvalue weighted by Crippen LogP contribution is -2.17. The maximum absolute atomic E-state index is 9.64. The molecule has 0 aliphatic heterocycles. The van der Waals surface area contributed by atoms with Crippen molar-refractivity contribution in [1.82, 2.24) is 9.97 Å². The summed E-state index contributed by atoms with van der Waals surface area (Å²) in [6.45, 7) is 2.55. The molecular formula is C23H30N2O. The smallest absolute Gasteiger partial charge is 0.128 e. The predicted octanol–water partition coefficient (Wildman–Crippen LogP) is 4.48. The summed E-state index contributed by atoms with van der Waals surface area (Å²) in [6.07, 6.45) is 13.0. The summed E-state index contributed by atoms with van der Waals surface area (Å²) < 4.78 is 0. The van der Waals surface area contributed by atoms with E-state index in [2.05, 4.69) is 35.1 Å². The number of aryl methyl sites for hydroxylation is 2. The zero-order chi connectivity index (χ0) is 18.0. The minimum atomic E-state index is 0.130. The Hall–Kier alpha value is -1.74. The fourth-order valence-electron chi connectivity index (χ4n) is 4.89. The molecule has 3 nitrogen and oxygen atoms in total. The number of hydrogen-bond acceptors (Lipinski definition) is 3. The number of nitrogens with zero attached hydrogens (tertiary/aromatic N) is 2. The molecule has 0 spiro atoms. The number of aromatic nitrogens is 2. The summed E-state index contributed by atoms with van der Waals surface area (Å²) in [5.41, 5.74) is 4.73. The summed E-state index contributed by atoms with van der Waals surface area (Å²) in [4.78, 5) is 8.71. The third-order valence-electron chi connectivity index (χ3n) is 6.64. The highest BCUT2D eigenvalue weighted by Crippen LogP contribution is 2.46. The van der Waals surface area contributed by atoms with E-state index in [9.17, 15) is 5.11 Å². The molecule has 2 aromatic rings. The maximum Gasteiger partial charge on any atom is 0.128 e. The minimum Gasteiger partial charge on any atom is -0.396 e. The third-order valence-corrected chi connectivity index (χ3v) is 6.64. The van der Waals surface area contributed by atoms with E-state index in [1.54, 1.807) is 11.1 Å². The number of rotatable bonds is 5. The molecule has 0 radical (unpaired) electrons. The fourth-order valence-corrected chi connectivity index (χ4v) is 4.89.